The third-order valence-corrected chi connectivity index (χ3v) is 2.37. The highest BCUT2D eigenvalue weighted by Crippen LogP contribution is 2.57. The summed E-state index contributed by atoms with van der Waals surface area (Å²) in [5.41, 5.74) is 0. The van der Waals surface area contributed by atoms with Crippen LogP contribution in [0, 0.1) is 0 Å². The normalized spacial score (nSPS) is 38.4. The minimum absolute atomic E-state index is 0.0672. The predicted molar refractivity (Wildman–Crippen MR) is 40.7 cm³/mol. The maximum absolute atomic E-state index is 10.3. The van der Waals surface area contributed by atoms with E-state index < -0.39 is 17.9 Å². The summed E-state index contributed by atoms with van der Waals surface area (Å²) in [5.74, 6) is 0. The Bertz CT molecular complexity index is 191. The fourth-order valence-electron chi connectivity index (χ4n) is 0.569. The minimum atomic E-state index is -3.78. The zero-order chi connectivity index (χ0) is 8.70. The first kappa shape index (κ1) is 10.1. The Morgan fingerprint density at radius 2 is 1.91 bits per heavy atom. The van der Waals surface area contributed by atoms with Gasteiger partial charge in [0.05, 0.1) is 0 Å². The molecule has 1 saturated heterocycles. The summed E-state index contributed by atoms with van der Waals surface area (Å²) in [6.45, 7) is 0. The van der Waals surface area contributed by atoms with E-state index in [2.05, 4.69) is 9.05 Å². The van der Waals surface area contributed by atoms with E-state index in [1.54, 1.807) is 0 Å². The molecule has 0 aromatic carbocycles. The second-order valence-electron chi connectivity index (χ2n) is 1.93. The highest BCUT2D eigenvalue weighted by atomic mass is 35.6. The second kappa shape index (κ2) is 3.04. The van der Waals surface area contributed by atoms with Crippen LogP contribution in [0.25, 0.3) is 0 Å². The Balaban J connectivity index is 2.30. The quantitative estimate of drug-likeness (QED) is 0.565. The van der Waals surface area contributed by atoms with E-state index in [-0.39, 0.29) is 6.42 Å². The zero-order valence-electron chi connectivity index (χ0n) is 5.04. The Hall–Kier alpha value is 0.980. The average molecular weight is 241 g/mol. The van der Waals surface area contributed by atoms with Gasteiger partial charge in [-0.2, -0.15) is 0 Å². The van der Waals surface area contributed by atoms with E-state index in [4.69, 9.17) is 39.7 Å². The van der Waals surface area contributed by atoms with Crippen molar-refractivity contribution in [1.29, 1.82) is 0 Å². The Morgan fingerprint density at radius 1 is 1.45 bits per heavy atom. The molecule has 1 fully saturated rings. The van der Waals surface area contributed by atoms with Crippen LogP contribution in [0.5, 0.6) is 0 Å². The second-order valence-corrected chi connectivity index (χ2v) is 5.80. The fourth-order valence-corrected chi connectivity index (χ4v) is 1.71. The Morgan fingerprint density at radius 3 is 2.18 bits per heavy atom. The molecule has 0 spiro atoms. The zero-order valence-corrected chi connectivity index (χ0v) is 8.20. The molecule has 0 aromatic heterocycles. The van der Waals surface area contributed by atoms with Crippen LogP contribution in [0.15, 0.2) is 0 Å². The Labute approximate surface area is 77.9 Å². The summed E-state index contributed by atoms with van der Waals surface area (Å²) in [5, 5.41) is 0. The third kappa shape index (κ3) is 3.47. The summed E-state index contributed by atoms with van der Waals surface area (Å²) in [6.07, 6.45) is -0.958. The standard InChI is InChI=1S/C3H4Cl3O4P/c4-3(5,6)1-2-9-11(7,8)10-2/h2H,1H2,(H,7,8). The lowest BCUT2D eigenvalue weighted by atomic mass is 10.5. The van der Waals surface area contributed by atoms with Gasteiger partial charge in [-0.15, -0.1) is 0 Å². The van der Waals surface area contributed by atoms with Gasteiger partial charge >= 0.3 is 7.82 Å². The van der Waals surface area contributed by atoms with Gasteiger partial charge in [0.15, 0.2) is 10.1 Å². The van der Waals surface area contributed by atoms with Gasteiger partial charge in [-0.05, 0) is 0 Å². The van der Waals surface area contributed by atoms with Crippen LogP contribution in [0.1, 0.15) is 6.42 Å². The molecule has 8 heteroatoms. The number of alkyl halides is 3. The molecular weight excluding hydrogens is 237 g/mol. The van der Waals surface area contributed by atoms with Gasteiger partial charge < -0.3 is 4.89 Å². The molecule has 0 amide bonds. The van der Waals surface area contributed by atoms with E-state index in [9.17, 15) is 4.57 Å². The number of hydrogen-bond donors (Lipinski definition) is 1. The van der Waals surface area contributed by atoms with E-state index in [0.717, 1.165) is 0 Å². The van der Waals surface area contributed by atoms with Crippen molar-refractivity contribution in [1.82, 2.24) is 0 Å². The molecule has 1 aliphatic heterocycles. The van der Waals surface area contributed by atoms with Crippen LogP contribution in [-0.4, -0.2) is 15.0 Å². The molecule has 1 heterocycles. The van der Waals surface area contributed by atoms with Gasteiger partial charge in [0.25, 0.3) is 0 Å². The smallest absolute Gasteiger partial charge is 0.302 e. The van der Waals surface area contributed by atoms with Crippen molar-refractivity contribution >= 4 is 42.6 Å². The topological polar surface area (TPSA) is 55.8 Å². The largest absolute Gasteiger partial charge is 0.476 e. The molecule has 11 heavy (non-hydrogen) atoms. The van der Waals surface area contributed by atoms with Crippen LogP contribution in [0.2, 0.25) is 0 Å². The van der Waals surface area contributed by atoms with Crippen LogP contribution < -0.4 is 0 Å². The molecule has 0 radical (unpaired) electrons. The van der Waals surface area contributed by atoms with Gasteiger partial charge in [0.1, 0.15) is 0 Å². The summed E-state index contributed by atoms with van der Waals surface area (Å²) >= 11 is 16.0. The summed E-state index contributed by atoms with van der Waals surface area (Å²) in [4.78, 5) is 8.46. The molecule has 1 N–H and O–H groups in total. The van der Waals surface area contributed by atoms with Crippen LogP contribution in [0.4, 0.5) is 0 Å². The maximum Gasteiger partial charge on any atom is 0.476 e. The van der Waals surface area contributed by atoms with Crippen molar-refractivity contribution in [3.05, 3.63) is 0 Å². The first-order valence-electron chi connectivity index (χ1n) is 2.55. The summed E-state index contributed by atoms with van der Waals surface area (Å²) in [6, 6.07) is 0. The predicted octanol–water partition coefficient (Wildman–Crippen LogP) is 2.22. The SMILES string of the molecule is O=P1(O)OC(CC(Cl)(Cl)Cl)O1. The van der Waals surface area contributed by atoms with Crippen LogP contribution >= 0.6 is 42.6 Å². The van der Waals surface area contributed by atoms with Gasteiger partial charge in [0, 0.05) is 6.42 Å². The van der Waals surface area contributed by atoms with Crippen LogP contribution in [-0.2, 0) is 13.6 Å². The third-order valence-electron chi connectivity index (χ3n) is 0.900. The van der Waals surface area contributed by atoms with Gasteiger partial charge in [0.2, 0.25) is 0 Å². The van der Waals surface area contributed by atoms with Crippen molar-refractivity contribution in [2.24, 2.45) is 0 Å². The van der Waals surface area contributed by atoms with Crippen LogP contribution in [0.3, 0.4) is 0 Å². The molecule has 0 atom stereocenters. The molecule has 4 nitrogen and oxygen atoms in total. The molecule has 0 saturated carbocycles. The van der Waals surface area contributed by atoms with Crippen molar-refractivity contribution in [2.45, 2.75) is 16.5 Å². The molecule has 1 aliphatic rings. The van der Waals surface area contributed by atoms with E-state index in [1.165, 1.54) is 0 Å². The lowest BCUT2D eigenvalue weighted by molar-refractivity contribution is -0.120. The molecule has 0 unspecified atom stereocenters. The first-order valence-corrected chi connectivity index (χ1v) is 5.18. The van der Waals surface area contributed by atoms with Crippen molar-refractivity contribution in [3.63, 3.8) is 0 Å². The number of rotatable bonds is 1. The molecular formula is C3H4Cl3O4P. The highest BCUT2D eigenvalue weighted by Gasteiger charge is 2.45. The van der Waals surface area contributed by atoms with Gasteiger partial charge in [-0.3, -0.25) is 9.05 Å². The first-order chi connectivity index (χ1) is 4.79. The van der Waals surface area contributed by atoms with Gasteiger partial charge in [-0.25, -0.2) is 4.57 Å². The highest BCUT2D eigenvalue weighted by molar-refractivity contribution is 7.48. The number of halogens is 3. The number of phosphoric ester groups is 1. The van der Waals surface area contributed by atoms with E-state index in [1.807, 2.05) is 0 Å². The molecule has 0 aliphatic carbocycles. The van der Waals surface area contributed by atoms with Gasteiger partial charge in [-0.1, -0.05) is 34.8 Å². The maximum atomic E-state index is 10.3. The number of hydrogen-bond acceptors (Lipinski definition) is 3. The average Bonchev–Trinajstić information content (AvgIpc) is 1.53. The lowest BCUT2D eigenvalue weighted by Gasteiger charge is -2.31. The summed E-state index contributed by atoms with van der Waals surface area (Å²) < 4.78 is 17.5. The van der Waals surface area contributed by atoms with Crippen molar-refractivity contribution in [2.75, 3.05) is 0 Å². The van der Waals surface area contributed by atoms with E-state index in [0.29, 0.717) is 0 Å². The molecule has 66 valence electrons. The number of phosphoric acid groups is 1. The minimum Gasteiger partial charge on any atom is -0.302 e. The van der Waals surface area contributed by atoms with E-state index >= 15 is 0 Å². The fraction of sp³-hybridized carbons (Fsp3) is 1.00. The molecule has 0 aromatic rings. The monoisotopic (exact) mass is 240 g/mol. The lowest BCUT2D eigenvalue weighted by Crippen LogP contribution is -2.29. The molecule has 0 bridgehead atoms. The summed E-state index contributed by atoms with van der Waals surface area (Å²) in [7, 11) is -3.78. The Kier molecular flexibility index (Phi) is 2.78. The molecule has 1 rings (SSSR count). The van der Waals surface area contributed by atoms with Crippen molar-refractivity contribution in [3.8, 4) is 0 Å². The van der Waals surface area contributed by atoms with Crippen molar-refractivity contribution < 1.29 is 18.5 Å².